The number of carboxylic acids is 1. The van der Waals surface area contributed by atoms with Gasteiger partial charge in [0.2, 0.25) is 0 Å². The molecule has 15 heavy (non-hydrogen) atoms. The molecule has 0 aromatic heterocycles. The maximum Gasteiger partial charge on any atom is 0.317 e. The third kappa shape index (κ3) is 4.59. The zero-order chi connectivity index (χ0) is 11.3. The summed E-state index contributed by atoms with van der Waals surface area (Å²) in [7, 11) is 2.06. The fourth-order valence-corrected chi connectivity index (χ4v) is 1.76. The summed E-state index contributed by atoms with van der Waals surface area (Å²) >= 11 is 0. The first-order valence-electron chi connectivity index (χ1n) is 5.36. The van der Waals surface area contributed by atoms with Crippen LogP contribution in [0.3, 0.4) is 0 Å². The van der Waals surface area contributed by atoms with Crippen molar-refractivity contribution in [2.24, 2.45) is 0 Å². The van der Waals surface area contributed by atoms with Crippen molar-refractivity contribution in [3.63, 3.8) is 0 Å². The maximum atomic E-state index is 10.6. The molecule has 0 amide bonds. The van der Waals surface area contributed by atoms with Crippen molar-refractivity contribution < 1.29 is 14.6 Å². The first-order chi connectivity index (χ1) is 7.11. The summed E-state index contributed by atoms with van der Waals surface area (Å²) in [6.07, 6.45) is 0.142. The number of aliphatic carboxylic acids is 1. The molecule has 0 aromatic carbocycles. The van der Waals surface area contributed by atoms with Gasteiger partial charge < -0.3 is 14.7 Å². The highest BCUT2D eigenvalue weighted by Crippen LogP contribution is 2.05. The minimum Gasteiger partial charge on any atom is -0.480 e. The molecule has 1 fully saturated rings. The molecule has 0 saturated carbocycles. The standard InChI is InChI=1S/C10H20N2O3/c1-3-12(8-10(13)14)7-9-6-11(2)4-5-15-9/h9H,3-8H2,1-2H3,(H,13,14). The van der Waals surface area contributed by atoms with E-state index in [1.807, 2.05) is 11.8 Å². The highest BCUT2D eigenvalue weighted by atomic mass is 16.5. The molecule has 1 rings (SSSR count). The molecule has 0 aliphatic carbocycles. The fourth-order valence-electron chi connectivity index (χ4n) is 1.76. The quantitative estimate of drug-likeness (QED) is 0.685. The van der Waals surface area contributed by atoms with Crippen LogP contribution in [0.2, 0.25) is 0 Å². The lowest BCUT2D eigenvalue weighted by Gasteiger charge is -2.33. The SMILES string of the molecule is CCN(CC(=O)O)CC1CN(C)CCO1. The number of rotatable bonds is 5. The van der Waals surface area contributed by atoms with Crippen molar-refractivity contribution in [2.75, 3.05) is 46.4 Å². The fraction of sp³-hybridized carbons (Fsp3) is 0.900. The van der Waals surface area contributed by atoms with E-state index in [9.17, 15) is 4.79 Å². The molecule has 1 N–H and O–H groups in total. The summed E-state index contributed by atoms with van der Waals surface area (Å²) in [5.41, 5.74) is 0. The molecule has 0 radical (unpaired) electrons. The minimum atomic E-state index is -0.777. The first kappa shape index (κ1) is 12.4. The number of likely N-dealkylation sites (N-methyl/N-ethyl adjacent to an activating group) is 2. The second-order valence-corrected chi connectivity index (χ2v) is 3.98. The van der Waals surface area contributed by atoms with Gasteiger partial charge in [-0.15, -0.1) is 0 Å². The molecule has 1 saturated heterocycles. The lowest BCUT2D eigenvalue weighted by atomic mass is 10.2. The highest BCUT2D eigenvalue weighted by molar-refractivity contribution is 5.69. The van der Waals surface area contributed by atoms with Crippen LogP contribution in [-0.2, 0) is 9.53 Å². The molecule has 1 aliphatic rings. The lowest BCUT2D eigenvalue weighted by Crippen LogP contribution is -2.47. The van der Waals surface area contributed by atoms with Gasteiger partial charge in [0.25, 0.3) is 0 Å². The van der Waals surface area contributed by atoms with Crippen LogP contribution < -0.4 is 0 Å². The van der Waals surface area contributed by atoms with Crippen LogP contribution in [0.15, 0.2) is 0 Å². The Bertz CT molecular complexity index is 211. The Labute approximate surface area is 90.6 Å². The van der Waals surface area contributed by atoms with Crippen LogP contribution in [0.1, 0.15) is 6.92 Å². The molecule has 5 nitrogen and oxygen atoms in total. The van der Waals surface area contributed by atoms with E-state index >= 15 is 0 Å². The van der Waals surface area contributed by atoms with E-state index in [2.05, 4.69) is 11.9 Å². The molecule has 0 aromatic rings. The van der Waals surface area contributed by atoms with E-state index < -0.39 is 5.97 Å². The summed E-state index contributed by atoms with van der Waals surface area (Å²) in [4.78, 5) is 14.7. The number of morpholine rings is 1. The molecule has 0 bridgehead atoms. The van der Waals surface area contributed by atoms with Crippen molar-refractivity contribution in [3.8, 4) is 0 Å². The number of nitrogens with zero attached hydrogens (tertiary/aromatic N) is 2. The van der Waals surface area contributed by atoms with Crippen molar-refractivity contribution in [1.29, 1.82) is 0 Å². The highest BCUT2D eigenvalue weighted by Gasteiger charge is 2.20. The van der Waals surface area contributed by atoms with E-state index in [4.69, 9.17) is 9.84 Å². The van der Waals surface area contributed by atoms with Crippen molar-refractivity contribution in [2.45, 2.75) is 13.0 Å². The van der Waals surface area contributed by atoms with Gasteiger partial charge in [-0.25, -0.2) is 0 Å². The molecule has 88 valence electrons. The van der Waals surface area contributed by atoms with E-state index in [0.717, 1.165) is 26.2 Å². The van der Waals surface area contributed by atoms with Crippen molar-refractivity contribution in [3.05, 3.63) is 0 Å². The van der Waals surface area contributed by atoms with Gasteiger partial charge in [0.1, 0.15) is 0 Å². The van der Waals surface area contributed by atoms with Gasteiger partial charge >= 0.3 is 5.97 Å². The minimum absolute atomic E-state index is 0.0973. The Morgan fingerprint density at radius 2 is 2.40 bits per heavy atom. The predicted molar refractivity (Wildman–Crippen MR) is 57.0 cm³/mol. The van der Waals surface area contributed by atoms with Crippen LogP contribution >= 0.6 is 0 Å². The summed E-state index contributed by atoms with van der Waals surface area (Å²) < 4.78 is 5.59. The first-order valence-corrected chi connectivity index (χ1v) is 5.36. The molecular formula is C10H20N2O3. The van der Waals surface area contributed by atoms with E-state index in [1.165, 1.54) is 0 Å². The van der Waals surface area contributed by atoms with Gasteiger partial charge in [0.15, 0.2) is 0 Å². The van der Waals surface area contributed by atoms with Crippen molar-refractivity contribution >= 4 is 5.97 Å². The second kappa shape index (κ2) is 6.05. The Hall–Kier alpha value is -0.650. The van der Waals surface area contributed by atoms with Crippen LogP contribution in [0, 0.1) is 0 Å². The molecular weight excluding hydrogens is 196 g/mol. The van der Waals surface area contributed by atoms with Crippen LogP contribution in [-0.4, -0.2) is 73.4 Å². The van der Waals surface area contributed by atoms with Gasteiger partial charge in [-0.1, -0.05) is 6.92 Å². The number of carboxylic acid groups (broad SMARTS) is 1. The summed E-state index contributed by atoms with van der Waals surface area (Å²) in [6, 6.07) is 0. The number of hydrogen-bond acceptors (Lipinski definition) is 4. The Kier molecular flexibility index (Phi) is 5.01. The molecule has 1 heterocycles. The zero-order valence-electron chi connectivity index (χ0n) is 9.48. The average molecular weight is 216 g/mol. The monoisotopic (exact) mass is 216 g/mol. The Balaban J connectivity index is 2.33. The third-order valence-electron chi connectivity index (χ3n) is 2.61. The molecule has 1 atom stereocenters. The molecule has 1 aliphatic heterocycles. The predicted octanol–water partition coefficient (Wildman–Crippen LogP) is -0.276. The normalized spacial score (nSPS) is 23.3. The Morgan fingerprint density at radius 1 is 1.67 bits per heavy atom. The van der Waals surface area contributed by atoms with Crippen LogP contribution in [0.4, 0.5) is 0 Å². The van der Waals surface area contributed by atoms with Gasteiger partial charge in [-0.05, 0) is 13.6 Å². The topological polar surface area (TPSA) is 53.0 Å². The molecule has 0 spiro atoms. The molecule has 5 heteroatoms. The van der Waals surface area contributed by atoms with E-state index in [-0.39, 0.29) is 12.6 Å². The van der Waals surface area contributed by atoms with Crippen molar-refractivity contribution in [1.82, 2.24) is 9.80 Å². The van der Waals surface area contributed by atoms with Gasteiger partial charge in [0, 0.05) is 19.6 Å². The summed E-state index contributed by atoms with van der Waals surface area (Å²) in [5.74, 6) is -0.777. The number of carbonyl (C=O) groups is 1. The van der Waals surface area contributed by atoms with Gasteiger partial charge in [-0.2, -0.15) is 0 Å². The summed E-state index contributed by atoms with van der Waals surface area (Å²) in [6.45, 7) is 6.10. The number of hydrogen-bond donors (Lipinski definition) is 1. The lowest BCUT2D eigenvalue weighted by molar-refractivity contribution is -0.139. The van der Waals surface area contributed by atoms with Crippen LogP contribution in [0.25, 0.3) is 0 Å². The van der Waals surface area contributed by atoms with Gasteiger partial charge in [0.05, 0.1) is 19.3 Å². The third-order valence-corrected chi connectivity index (χ3v) is 2.61. The maximum absolute atomic E-state index is 10.6. The summed E-state index contributed by atoms with van der Waals surface area (Å²) in [5, 5.41) is 8.70. The smallest absolute Gasteiger partial charge is 0.317 e. The Morgan fingerprint density at radius 3 is 2.93 bits per heavy atom. The average Bonchev–Trinajstić information content (AvgIpc) is 2.16. The largest absolute Gasteiger partial charge is 0.480 e. The number of ether oxygens (including phenoxy) is 1. The van der Waals surface area contributed by atoms with Crippen LogP contribution in [0.5, 0.6) is 0 Å². The zero-order valence-corrected chi connectivity index (χ0v) is 9.48. The second-order valence-electron chi connectivity index (χ2n) is 3.98. The van der Waals surface area contributed by atoms with E-state index in [1.54, 1.807) is 0 Å². The van der Waals surface area contributed by atoms with E-state index in [0.29, 0.717) is 6.54 Å². The molecule has 1 unspecified atom stereocenters. The van der Waals surface area contributed by atoms with Gasteiger partial charge in [-0.3, -0.25) is 9.69 Å².